The molecule has 3 fully saturated rings. The lowest BCUT2D eigenvalue weighted by molar-refractivity contribution is -0.139. The van der Waals surface area contributed by atoms with Crippen LogP contribution in [0.3, 0.4) is 0 Å². The third-order valence-electron chi connectivity index (χ3n) is 9.80. The quantitative estimate of drug-likeness (QED) is 0.133. The predicted octanol–water partition coefficient (Wildman–Crippen LogP) is 3.35. The maximum Gasteiger partial charge on any atom is 0.408 e. The minimum absolute atomic E-state index is 0.0264. The minimum atomic E-state index is -3.55. The molecule has 6 rings (SSSR count). The lowest BCUT2D eigenvalue weighted by Gasteiger charge is -2.28. The molecule has 2 aliphatic carbocycles. The Balaban J connectivity index is 1.03. The summed E-state index contributed by atoms with van der Waals surface area (Å²) in [4.78, 5) is 66.5. The van der Waals surface area contributed by atoms with Crippen LogP contribution in [0.1, 0.15) is 84.1 Å². The van der Waals surface area contributed by atoms with E-state index < -0.39 is 62.9 Å². The Morgan fingerprint density at radius 1 is 1.05 bits per heavy atom. The number of benzene rings is 1. The van der Waals surface area contributed by atoms with Crippen LogP contribution in [-0.4, -0.2) is 92.2 Å². The number of nitrogens with one attached hydrogen (secondary N) is 2. The van der Waals surface area contributed by atoms with Gasteiger partial charge in [0.05, 0.1) is 30.9 Å². The first-order valence-electron chi connectivity index (χ1n) is 18.9. The summed E-state index contributed by atoms with van der Waals surface area (Å²) < 4.78 is 39.8. The molecule has 5 atom stereocenters. The van der Waals surface area contributed by atoms with Crippen molar-refractivity contribution in [1.29, 1.82) is 0 Å². The third kappa shape index (κ3) is 10.8. The maximum atomic E-state index is 14.0. The molecule has 1 aromatic carbocycles. The van der Waals surface area contributed by atoms with Crippen molar-refractivity contribution in [2.45, 2.75) is 114 Å². The fourth-order valence-corrected chi connectivity index (χ4v) is 8.06. The zero-order valence-corrected chi connectivity index (χ0v) is 32.2. The number of rotatable bonds is 17. The molecular weight excluding hydrogens is 729 g/mol. The highest BCUT2D eigenvalue weighted by atomic mass is 32.2. The number of aromatic nitrogens is 4. The molecule has 4 amide bonds. The predicted molar refractivity (Wildman–Crippen MR) is 202 cm³/mol. The number of primary amides is 1. The molecular formula is C38H50N8O8S. The molecule has 296 valence electrons. The van der Waals surface area contributed by atoms with Gasteiger partial charge in [-0.2, -0.15) is 4.98 Å². The number of likely N-dealkylation sites (tertiary alicyclic amines) is 1. The SMILES string of the molecule is CC(C)(C)OC(=O)N[C@@H](CCCCC/C=C\[C@@H]1C[C@@H]1C(=O)NS(=O)(=O)C1CC1)C(=O)N1CC(Oc2ncc3ncn(Cc4ccccc4)c3n2)C[C@H]1C(N)=O. The van der Waals surface area contributed by atoms with Crippen molar-refractivity contribution >= 4 is 45.0 Å². The van der Waals surface area contributed by atoms with Crippen LogP contribution in [0, 0.1) is 11.8 Å². The zero-order chi connectivity index (χ0) is 39.3. The fourth-order valence-electron chi connectivity index (χ4n) is 6.71. The van der Waals surface area contributed by atoms with Crippen LogP contribution in [0.2, 0.25) is 0 Å². The number of fused-ring (bicyclic) bond motifs is 1. The van der Waals surface area contributed by atoms with Gasteiger partial charge in [-0.05, 0) is 70.8 Å². The molecule has 0 radical (unpaired) electrons. The normalized spacial score (nSPS) is 21.7. The number of carbonyl (C=O) groups is 4. The Morgan fingerprint density at radius 3 is 2.53 bits per heavy atom. The number of ether oxygens (including phenoxy) is 2. The average Bonchev–Trinajstić information content (AvgIpc) is 4.04. The number of nitrogens with zero attached hydrogens (tertiary/aromatic N) is 5. The smallest absolute Gasteiger partial charge is 0.408 e. The van der Waals surface area contributed by atoms with E-state index in [1.807, 2.05) is 47.1 Å². The van der Waals surface area contributed by atoms with E-state index in [-0.39, 0.29) is 30.8 Å². The summed E-state index contributed by atoms with van der Waals surface area (Å²) in [7, 11) is -3.55. The van der Waals surface area contributed by atoms with Crippen LogP contribution in [0.5, 0.6) is 6.01 Å². The zero-order valence-electron chi connectivity index (χ0n) is 31.4. The first-order chi connectivity index (χ1) is 26.2. The second-order valence-corrected chi connectivity index (χ2v) is 17.5. The van der Waals surface area contributed by atoms with Crippen molar-refractivity contribution in [1.82, 2.24) is 34.5 Å². The maximum absolute atomic E-state index is 14.0. The number of allylic oxidation sites excluding steroid dienone is 2. The number of carbonyl (C=O) groups excluding carboxylic acids is 4. The summed E-state index contributed by atoms with van der Waals surface area (Å²) in [6.45, 7) is 5.75. The van der Waals surface area contributed by atoms with Crippen molar-refractivity contribution in [3.63, 3.8) is 0 Å². The molecule has 3 aromatic rings. The monoisotopic (exact) mass is 778 g/mol. The topological polar surface area (TPSA) is 218 Å². The van der Waals surface area contributed by atoms with E-state index >= 15 is 0 Å². The average molecular weight is 779 g/mol. The summed E-state index contributed by atoms with van der Waals surface area (Å²) in [5.41, 5.74) is 7.22. The number of hydrogen-bond donors (Lipinski definition) is 3. The lowest BCUT2D eigenvalue weighted by Crippen LogP contribution is -2.53. The van der Waals surface area contributed by atoms with E-state index in [4.69, 9.17) is 15.2 Å². The Hall–Kier alpha value is -5.06. The highest BCUT2D eigenvalue weighted by molar-refractivity contribution is 7.90. The van der Waals surface area contributed by atoms with Crippen LogP contribution >= 0.6 is 0 Å². The summed E-state index contributed by atoms with van der Waals surface area (Å²) in [5.74, 6) is -1.89. The van der Waals surface area contributed by atoms with E-state index in [0.717, 1.165) is 24.8 Å². The van der Waals surface area contributed by atoms with Crippen LogP contribution in [-0.2, 0) is 35.7 Å². The summed E-state index contributed by atoms with van der Waals surface area (Å²) in [5, 5.41) is 2.27. The molecule has 3 heterocycles. The van der Waals surface area contributed by atoms with Gasteiger partial charge < -0.3 is 30.0 Å². The summed E-state index contributed by atoms with van der Waals surface area (Å²) in [6, 6.07) is 7.99. The molecule has 1 aliphatic heterocycles. The number of nitrogens with two attached hydrogens (primary N) is 1. The third-order valence-corrected chi connectivity index (χ3v) is 11.6. The van der Waals surface area contributed by atoms with Gasteiger partial charge in [-0.3, -0.25) is 19.1 Å². The van der Waals surface area contributed by atoms with Crippen LogP contribution in [0.15, 0.2) is 55.0 Å². The number of imidazole rings is 1. The second kappa shape index (κ2) is 16.8. The Kier molecular flexibility index (Phi) is 12.1. The summed E-state index contributed by atoms with van der Waals surface area (Å²) in [6.07, 6.45) is 10.9. The first kappa shape index (κ1) is 39.6. The molecule has 17 heteroatoms. The lowest BCUT2D eigenvalue weighted by atomic mass is 10.0. The molecule has 4 N–H and O–H groups in total. The van der Waals surface area contributed by atoms with E-state index in [2.05, 4.69) is 25.0 Å². The number of amides is 4. The molecule has 55 heavy (non-hydrogen) atoms. The summed E-state index contributed by atoms with van der Waals surface area (Å²) >= 11 is 0. The van der Waals surface area contributed by atoms with Gasteiger partial charge in [-0.1, -0.05) is 55.3 Å². The van der Waals surface area contributed by atoms with Gasteiger partial charge in [-0.15, -0.1) is 0 Å². The van der Waals surface area contributed by atoms with Crippen molar-refractivity contribution in [2.24, 2.45) is 17.6 Å². The molecule has 1 saturated heterocycles. The van der Waals surface area contributed by atoms with Gasteiger partial charge in [-0.25, -0.2) is 23.2 Å². The van der Waals surface area contributed by atoms with Crippen LogP contribution in [0.25, 0.3) is 11.2 Å². The number of sulfonamides is 1. The highest BCUT2D eigenvalue weighted by Crippen LogP contribution is 2.40. The number of alkyl carbamates (subject to hydrolysis) is 1. The highest BCUT2D eigenvalue weighted by Gasteiger charge is 2.45. The molecule has 1 unspecified atom stereocenters. The minimum Gasteiger partial charge on any atom is -0.458 e. The molecule has 16 nitrogen and oxygen atoms in total. The van der Waals surface area contributed by atoms with E-state index in [9.17, 15) is 27.6 Å². The van der Waals surface area contributed by atoms with Crippen molar-refractivity contribution in [2.75, 3.05) is 6.54 Å². The fraction of sp³-hybridized carbons (Fsp3) is 0.553. The van der Waals surface area contributed by atoms with Crippen LogP contribution < -0.4 is 20.5 Å². The van der Waals surface area contributed by atoms with E-state index in [1.165, 1.54) is 4.90 Å². The van der Waals surface area contributed by atoms with Gasteiger partial charge in [0.25, 0.3) is 0 Å². The van der Waals surface area contributed by atoms with Crippen molar-refractivity contribution in [3.8, 4) is 6.01 Å². The number of unbranched alkanes of at least 4 members (excludes halogenated alkanes) is 3. The van der Waals surface area contributed by atoms with E-state index in [0.29, 0.717) is 49.8 Å². The molecule has 3 aliphatic rings. The molecule has 0 spiro atoms. The van der Waals surface area contributed by atoms with Gasteiger partial charge in [0.2, 0.25) is 27.7 Å². The van der Waals surface area contributed by atoms with Crippen LogP contribution in [0.4, 0.5) is 4.79 Å². The first-order valence-corrected chi connectivity index (χ1v) is 20.4. The largest absolute Gasteiger partial charge is 0.458 e. The number of hydrogen-bond acceptors (Lipinski definition) is 11. The Bertz CT molecular complexity index is 2010. The van der Waals surface area contributed by atoms with Gasteiger partial charge in [0, 0.05) is 12.3 Å². The van der Waals surface area contributed by atoms with Gasteiger partial charge in [0.1, 0.15) is 29.3 Å². The van der Waals surface area contributed by atoms with Gasteiger partial charge >= 0.3 is 12.1 Å². The Labute approximate surface area is 320 Å². The Morgan fingerprint density at radius 2 is 1.82 bits per heavy atom. The van der Waals surface area contributed by atoms with Gasteiger partial charge in [0.15, 0.2) is 5.65 Å². The van der Waals surface area contributed by atoms with Crippen molar-refractivity contribution < 1.29 is 37.1 Å². The standard InChI is InChI=1S/C38H50N8O8S/c1-38(2,3)54-37(50)42-29(15-11-6-4-5-10-14-25-18-28(25)34(48)44-55(51,52)27-16-17-27)35(49)46-22-26(19-31(46)32(39)47)53-36-40-20-30-33(43-36)45(23-41-30)21-24-12-8-7-9-13-24/h7-10,12-14,20,23,25-29,31H,4-6,11,15-19,21-22H2,1-3H3,(H2,39,47)(H,42,50)(H,44,48)/b14-10-/t25-,26?,28+,29+,31+/m1/s1. The van der Waals surface area contributed by atoms with E-state index in [1.54, 1.807) is 33.3 Å². The molecule has 2 aromatic heterocycles. The van der Waals surface area contributed by atoms with Crippen molar-refractivity contribution in [3.05, 3.63) is 60.6 Å². The second-order valence-electron chi connectivity index (χ2n) is 15.6. The molecule has 0 bridgehead atoms. The molecule has 2 saturated carbocycles.